The number of hydrogen-bond acceptors (Lipinski definition) is 5. The van der Waals surface area contributed by atoms with Crippen molar-refractivity contribution < 1.29 is 14.4 Å². The van der Waals surface area contributed by atoms with Gasteiger partial charge in [-0.3, -0.25) is 9.67 Å². The zero-order valence-electron chi connectivity index (χ0n) is 18.0. The summed E-state index contributed by atoms with van der Waals surface area (Å²) in [5.74, 6) is 0.848. The molecule has 0 aliphatic heterocycles. The van der Waals surface area contributed by atoms with Crippen LogP contribution in [0.2, 0.25) is 0 Å². The van der Waals surface area contributed by atoms with Crippen LogP contribution >= 0.6 is 0 Å². The molecule has 0 spiro atoms. The largest absolute Gasteiger partial charge is 0.496 e. The van der Waals surface area contributed by atoms with Crippen LogP contribution in [-0.2, 0) is 6.42 Å². The molecule has 0 saturated carbocycles. The Hall–Kier alpha value is -4.00. The van der Waals surface area contributed by atoms with Gasteiger partial charge in [0.2, 0.25) is 5.88 Å². The lowest BCUT2D eigenvalue weighted by atomic mass is 10.0. The molecule has 3 aromatic heterocycles. The highest BCUT2D eigenvalue weighted by molar-refractivity contribution is 6.02. The molecule has 0 atom stereocenters. The molecule has 3 heterocycles. The third kappa shape index (κ3) is 3.22. The molecule has 7 heteroatoms. The lowest BCUT2D eigenvalue weighted by Gasteiger charge is -2.14. The molecule has 162 valence electrons. The zero-order valence-corrected chi connectivity index (χ0v) is 18.0. The van der Waals surface area contributed by atoms with Crippen molar-refractivity contribution in [1.29, 1.82) is 0 Å². The Kier molecular flexibility index (Phi) is 5.15. The third-order valence-electron chi connectivity index (χ3n) is 5.73. The number of aromatic nitrogens is 4. The number of methoxy groups -OCH3 is 1. The van der Waals surface area contributed by atoms with Crippen molar-refractivity contribution in [2.24, 2.45) is 0 Å². The quantitative estimate of drug-likeness (QED) is 0.345. The molecule has 5 aromatic rings. The van der Waals surface area contributed by atoms with Crippen LogP contribution in [0.15, 0.2) is 65.4 Å². The van der Waals surface area contributed by atoms with Crippen LogP contribution in [0, 0.1) is 0 Å². The SMILES string of the molecule is CCCCc1n[nH]c2c(O)n(-c3ccc(-c4ccon4)cc3)c(-c3ccccc3OC)c12. The molecule has 0 unspecified atom stereocenters. The number of nitrogens with one attached hydrogen (secondary N) is 1. The second-order valence-electron chi connectivity index (χ2n) is 7.66. The highest BCUT2D eigenvalue weighted by atomic mass is 16.5. The lowest BCUT2D eigenvalue weighted by molar-refractivity contribution is 0.416. The van der Waals surface area contributed by atoms with Crippen LogP contribution in [0.4, 0.5) is 0 Å². The molecule has 0 aliphatic carbocycles. The zero-order chi connectivity index (χ0) is 22.1. The van der Waals surface area contributed by atoms with Crippen LogP contribution in [0.1, 0.15) is 25.5 Å². The topological polar surface area (TPSA) is 89.1 Å². The van der Waals surface area contributed by atoms with Crippen molar-refractivity contribution in [3.8, 4) is 39.8 Å². The van der Waals surface area contributed by atoms with Gasteiger partial charge in [0.15, 0.2) is 0 Å². The standard InChI is InChI=1S/C25H24N4O3/c1-3-4-8-20-22-23(27-26-20)25(30)29(24(22)18-7-5-6-9-21(18)31-2)17-12-10-16(11-13-17)19-14-15-32-28-19/h5-7,9-15,27,30H,3-4,8H2,1-2H3. The number of benzene rings is 2. The van der Waals surface area contributed by atoms with E-state index in [0.29, 0.717) is 5.52 Å². The molecule has 0 radical (unpaired) electrons. The molecule has 2 aromatic carbocycles. The van der Waals surface area contributed by atoms with Gasteiger partial charge in [-0.25, -0.2) is 0 Å². The van der Waals surface area contributed by atoms with E-state index < -0.39 is 0 Å². The number of fused-ring (bicyclic) bond motifs is 1. The van der Waals surface area contributed by atoms with Gasteiger partial charge in [-0.1, -0.05) is 42.8 Å². The number of unbranched alkanes of at least 4 members (excludes halogenated alkanes) is 1. The van der Waals surface area contributed by atoms with Gasteiger partial charge in [-0.15, -0.1) is 0 Å². The Balaban J connectivity index is 1.75. The molecule has 7 nitrogen and oxygen atoms in total. The first-order chi connectivity index (χ1) is 15.7. The van der Waals surface area contributed by atoms with Crippen LogP contribution < -0.4 is 4.74 Å². The molecule has 0 bridgehead atoms. The number of hydrogen-bond donors (Lipinski definition) is 2. The van der Waals surface area contributed by atoms with Crippen LogP contribution in [0.5, 0.6) is 11.6 Å². The van der Waals surface area contributed by atoms with Gasteiger partial charge in [0.25, 0.3) is 0 Å². The van der Waals surface area contributed by atoms with E-state index in [-0.39, 0.29) is 5.88 Å². The van der Waals surface area contributed by atoms with Crippen molar-refractivity contribution in [3.63, 3.8) is 0 Å². The maximum Gasteiger partial charge on any atom is 0.222 e. The van der Waals surface area contributed by atoms with Gasteiger partial charge < -0.3 is 14.4 Å². The monoisotopic (exact) mass is 428 g/mol. The van der Waals surface area contributed by atoms with E-state index >= 15 is 0 Å². The Bertz CT molecular complexity index is 1350. The summed E-state index contributed by atoms with van der Waals surface area (Å²) in [6, 6.07) is 17.5. The number of rotatable bonds is 7. The van der Waals surface area contributed by atoms with Gasteiger partial charge >= 0.3 is 0 Å². The number of ether oxygens (including phenoxy) is 1. The number of aromatic amines is 1. The predicted molar refractivity (Wildman–Crippen MR) is 123 cm³/mol. The van der Waals surface area contributed by atoms with Crippen LogP contribution in [-0.4, -0.2) is 32.1 Å². The van der Waals surface area contributed by atoms with E-state index in [0.717, 1.165) is 64.3 Å². The van der Waals surface area contributed by atoms with E-state index in [1.54, 1.807) is 13.4 Å². The van der Waals surface area contributed by atoms with E-state index in [9.17, 15) is 5.11 Å². The van der Waals surface area contributed by atoms with Gasteiger partial charge in [-0.05, 0) is 37.1 Å². The Labute approximate surface area is 185 Å². The number of aromatic hydroxyl groups is 1. The fourth-order valence-corrected chi connectivity index (χ4v) is 4.14. The average Bonchev–Trinajstić information content (AvgIpc) is 3.56. The maximum absolute atomic E-state index is 11.3. The summed E-state index contributed by atoms with van der Waals surface area (Å²) in [4.78, 5) is 0. The summed E-state index contributed by atoms with van der Waals surface area (Å²) in [5, 5.41) is 23.8. The van der Waals surface area contributed by atoms with Crippen molar-refractivity contribution >= 4 is 10.9 Å². The number of aryl methyl sites for hydroxylation is 1. The summed E-state index contributed by atoms with van der Waals surface area (Å²) >= 11 is 0. The van der Waals surface area contributed by atoms with Crippen molar-refractivity contribution in [2.75, 3.05) is 7.11 Å². The molecule has 5 rings (SSSR count). The molecular weight excluding hydrogens is 404 g/mol. The summed E-state index contributed by atoms with van der Waals surface area (Å²) < 4.78 is 12.5. The molecule has 0 saturated heterocycles. The minimum absolute atomic E-state index is 0.116. The van der Waals surface area contributed by atoms with Crippen LogP contribution in [0.3, 0.4) is 0 Å². The molecule has 32 heavy (non-hydrogen) atoms. The molecule has 0 amide bonds. The second-order valence-corrected chi connectivity index (χ2v) is 7.66. The highest BCUT2D eigenvalue weighted by Gasteiger charge is 2.25. The van der Waals surface area contributed by atoms with Gasteiger partial charge in [0.05, 0.1) is 23.9 Å². The number of nitrogens with zero attached hydrogens (tertiary/aromatic N) is 3. The first kappa shape index (κ1) is 19.9. The van der Waals surface area contributed by atoms with E-state index in [1.165, 1.54) is 0 Å². The first-order valence-corrected chi connectivity index (χ1v) is 10.7. The lowest BCUT2D eigenvalue weighted by Crippen LogP contribution is -2.00. The van der Waals surface area contributed by atoms with Gasteiger partial charge in [0, 0.05) is 22.9 Å². The second kappa shape index (κ2) is 8.26. The van der Waals surface area contributed by atoms with Gasteiger partial charge in [0.1, 0.15) is 23.2 Å². The fourth-order valence-electron chi connectivity index (χ4n) is 4.14. The van der Waals surface area contributed by atoms with Crippen molar-refractivity contribution in [1.82, 2.24) is 19.9 Å². The molecular formula is C25H24N4O3. The van der Waals surface area contributed by atoms with Crippen molar-refractivity contribution in [2.45, 2.75) is 26.2 Å². The number of H-pyrrole nitrogens is 1. The van der Waals surface area contributed by atoms with Gasteiger partial charge in [-0.2, -0.15) is 5.10 Å². The van der Waals surface area contributed by atoms with Crippen molar-refractivity contribution in [3.05, 3.63) is 66.6 Å². The third-order valence-corrected chi connectivity index (χ3v) is 5.73. The molecule has 2 N–H and O–H groups in total. The Morgan fingerprint density at radius 3 is 2.62 bits per heavy atom. The minimum Gasteiger partial charge on any atom is -0.496 e. The number of para-hydroxylation sites is 1. The smallest absolute Gasteiger partial charge is 0.222 e. The molecule has 0 aliphatic rings. The van der Waals surface area contributed by atoms with E-state index in [2.05, 4.69) is 22.3 Å². The fraction of sp³-hybridized carbons (Fsp3) is 0.200. The first-order valence-electron chi connectivity index (χ1n) is 10.7. The summed E-state index contributed by atoms with van der Waals surface area (Å²) in [6.07, 6.45) is 4.46. The predicted octanol–water partition coefficient (Wildman–Crippen LogP) is 5.73. The Morgan fingerprint density at radius 2 is 1.91 bits per heavy atom. The summed E-state index contributed by atoms with van der Waals surface area (Å²) in [6.45, 7) is 2.16. The summed E-state index contributed by atoms with van der Waals surface area (Å²) in [7, 11) is 1.66. The average molecular weight is 428 g/mol. The maximum atomic E-state index is 11.3. The summed E-state index contributed by atoms with van der Waals surface area (Å²) in [5.41, 5.74) is 5.82. The van der Waals surface area contributed by atoms with E-state index in [1.807, 2.05) is 59.2 Å². The Morgan fingerprint density at radius 1 is 1.09 bits per heavy atom. The van der Waals surface area contributed by atoms with E-state index in [4.69, 9.17) is 9.26 Å². The normalized spacial score (nSPS) is 11.3. The minimum atomic E-state index is 0.116. The van der Waals surface area contributed by atoms with Crippen LogP contribution in [0.25, 0.3) is 39.1 Å². The molecule has 0 fully saturated rings. The highest BCUT2D eigenvalue weighted by Crippen LogP contribution is 2.44.